The summed E-state index contributed by atoms with van der Waals surface area (Å²) in [5, 5.41) is 8.01. The second-order valence-corrected chi connectivity index (χ2v) is 6.34. The molecule has 3 atom stereocenters. The summed E-state index contributed by atoms with van der Waals surface area (Å²) in [5.74, 6) is 1.35. The van der Waals surface area contributed by atoms with Crippen molar-refractivity contribution < 1.29 is 0 Å². The topological polar surface area (TPSA) is 49.3 Å². The normalized spacial score (nSPS) is 27.1. The Hall–Kier alpha value is -1.27. The molecule has 6 heteroatoms. The number of hydrogen-bond donors (Lipinski definition) is 2. The summed E-state index contributed by atoms with van der Waals surface area (Å²) in [6.07, 6.45) is 8.68. The van der Waals surface area contributed by atoms with Crippen molar-refractivity contribution in [3.63, 3.8) is 0 Å². The number of hydrazone groups is 1. The van der Waals surface area contributed by atoms with Crippen LogP contribution in [-0.4, -0.2) is 22.4 Å². The molecule has 1 aromatic heterocycles. The van der Waals surface area contributed by atoms with E-state index in [0.717, 1.165) is 16.2 Å². The van der Waals surface area contributed by atoms with Gasteiger partial charge in [-0.15, -0.1) is 0 Å². The number of nitrogens with one attached hydrogen (secondary N) is 2. The van der Waals surface area contributed by atoms with E-state index in [1.54, 1.807) is 6.21 Å². The molecule has 3 rings (SSSR count). The van der Waals surface area contributed by atoms with E-state index in [2.05, 4.69) is 48.9 Å². The summed E-state index contributed by atoms with van der Waals surface area (Å²) in [7, 11) is 0. The molecular weight excluding hydrogens is 336 g/mol. The lowest BCUT2D eigenvalue weighted by Crippen LogP contribution is -2.42. The van der Waals surface area contributed by atoms with E-state index in [1.165, 1.54) is 12.8 Å². The maximum atomic E-state index is 5.26. The van der Waals surface area contributed by atoms with Crippen LogP contribution in [0, 0.1) is 11.8 Å². The predicted molar refractivity (Wildman–Crippen MR) is 87.5 cm³/mol. The lowest BCUT2D eigenvalue weighted by atomic mass is 10.0. The Morgan fingerprint density at radius 3 is 3.00 bits per heavy atom. The molecule has 0 saturated heterocycles. The van der Waals surface area contributed by atoms with Crippen LogP contribution in [0.2, 0.25) is 0 Å². The van der Waals surface area contributed by atoms with E-state index in [0.29, 0.717) is 17.1 Å². The molecule has 20 heavy (non-hydrogen) atoms. The molecule has 4 nitrogen and oxygen atoms in total. The largest absolute Gasteiger partial charge is 0.358 e. The van der Waals surface area contributed by atoms with Gasteiger partial charge in [0.05, 0.1) is 11.9 Å². The van der Waals surface area contributed by atoms with Crippen molar-refractivity contribution in [3.05, 3.63) is 40.6 Å². The summed E-state index contributed by atoms with van der Waals surface area (Å²) >= 11 is 8.58. The molecule has 2 N–H and O–H groups in total. The third kappa shape index (κ3) is 3.24. The third-order valence-electron chi connectivity index (χ3n) is 3.69. The van der Waals surface area contributed by atoms with E-state index in [9.17, 15) is 0 Å². The van der Waals surface area contributed by atoms with Crippen molar-refractivity contribution in [3.8, 4) is 0 Å². The fraction of sp³-hybridized carbons (Fsp3) is 0.357. The van der Waals surface area contributed by atoms with E-state index in [4.69, 9.17) is 12.2 Å². The standard InChI is InChI=1S/C14H15BrN4S/c15-13-3-1-2-11(17-13)8-16-19-14(20)18-12-7-9-4-5-10(12)6-9/h1-5,8-10,12H,6-7H2,(H2,18,19,20)/b16-8+. The molecule has 0 radical (unpaired) electrons. The molecule has 1 aromatic rings. The Kier molecular flexibility index (Phi) is 4.12. The number of aromatic nitrogens is 1. The van der Waals surface area contributed by atoms with Gasteiger partial charge in [-0.05, 0) is 65.0 Å². The van der Waals surface area contributed by atoms with Crippen molar-refractivity contribution in [2.24, 2.45) is 16.9 Å². The Morgan fingerprint density at radius 2 is 2.30 bits per heavy atom. The number of fused-ring (bicyclic) bond motifs is 2. The fourth-order valence-corrected chi connectivity index (χ4v) is 3.36. The van der Waals surface area contributed by atoms with Gasteiger partial charge in [-0.1, -0.05) is 18.2 Å². The zero-order chi connectivity index (χ0) is 13.9. The summed E-state index contributed by atoms with van der Waals surface area (Å²) in [6, 6.07) is 6.12. The maximum absolute atomic E-state index is 5.26. The van der Waals surface area contributed by atoms with Crippen molar-refractivity contribution in [1.29, 1.82) is 0 Å². The van der Waals surface area contributed by atoms with Crippen molar-refractivity contribution in [1.82, 2.24) is 15.7 Å². The molecule has 1 heterocycles. The second-order valence-electron chi connectivity index (χ2n) is 5.12. The molecule has 2 bridgehead atoms. The number of thiocarbonyl (C=S) groups is 1. The van der Waals surface area contributed by atoms with Gasteiger partial charge in [-0.2, -0.15) is 5.10 Å². The minimum absolute atomic E-state index is 0.448. The number of hydrogen-bond acceptors (Lipinski definition) is 3. The van der Waals surface area contributed by atoms with Gasteiger partial charge in [0.1, 0.15) is 4.60 Å². The molecule has 1 fully saturated rings. The highest BCUT2D eigenvalue weighted by Crippen LogP contribution is 2.38. The average Bonchev–Trinajstić information content (AvgIpc) is 3.01. The van der Waals surface area contributed by atoms with Gasteiger partial charge in [0, 0.05) is 6.04 Å². The Bertz CT molecular complexity index is 572. The van der Waals surface area contributed by atoms with E-state index in [-0.39, 0.29) is 0 Å². The monoisotopic (exact) mass is 350 g/mol. The summed E-state index contributed by atoms with van der Waals surface area (Å²) < 4.78 is 0.788. The second kappa shape index (κ2) is 6.01. The highest BCUT2D eigenvalue weighted by atomic mass is 79.9. The number of rotatable bonds is 3. The molecular formula is C14H15BrN4S. The number of allylic oxidation sites excluding steroid dienone is 1. The van der Waals surface area contributed by atoms with Crippen LogP contribution in [-0.2, 0) is 0 Å². The Balaban J connectivity index is 1.49. The first kappa shape index (κ1) is 13.7. The highest BCUT2D eigenvalue weighted by Gasteiger charge is 2.35. The van der Waals surface area contributed by atoms with Crippen LogP contribution in [0.15, 0.2) is 40.1 Å². The molecule has 0 amide bonds. The first-order valence-electron chi connectivity index (χ1n) is 6.61. The molecule has 104 valence electrons. The van der Waals surface area contributed by atoms with Gasteiger partial charge in [-0.25, -0.2) is 4.98 Å². The van der Waals surface area contributed by atoms with Crippen molar-refractivity contribution >= 4 is 39.5 Å². The first-order valence-corrected chi connectivity index (χ1v) is 7.81. The van der Waals surface area contributed by atoms with Gasteiger partial charge >= 0.3 is 0 Å². The first-order chi connectivity index (χ1) is 9.70. The minimum atomic E-state index is 0.448. The van der Waals surface area contributed by atoms with Crippen molar-refractivity contribution in [2.75, 3.05) is 0 Å². The van der Waals surface area contributed by atoms with Crippen molar-refractivity contribution in [2.45, 2.75) is 18.9 Å². The van der Waals surface area contributed by atoms with E-state index < -0.39 is 0 Å². The number of pyridine rings is 1. The van der Waals surface area contributed by atoms with Gasteiger partial charge < -0.3 is 5.32 Å². The quantitative estimate of drug-likeness (QED) is 0.289. The van der Waals surface area contributed by atoms with E-state index >= 15 is 0 Å². The lowest BCUT2D eigenvalue weighted by molar-refractivity contribution is 0.521. The van der Waals surface area contributed by atoms with Gasteiger partial charge in [0.2, 0.25) is 0 Å². The third-order valence-corrected chi connectivity index (χ3v) is 4.35. The fourth-order valence-electron chi connectivity index (χ4n) is 2.80. The van der Waals surface area contributed by atoms with Crippen LogP contribution in [0.4, 0.5) is 0 Å². The lowest BCUT2D eigenvalue weighted by Gasteiger charge is -2.20. The van der Waals surface area contributed by atoms with Crippen LogP contribution in [0.25, 0.3) is 0 Å². The summed E-state index contributed by atoms with van der Waals surface area (Å²) in [5.41, 5.74) is 3.62. The van der Waals surface area contributed by atoms with Crippen LogP contribution in [0.3, 0.4) is 0 Å². The Morgan fingerprint density at radius 1 is 1.40 bits per heavy atom. The van der Waals surface area contributed by atoms with Crippen LogP contribution < -0.4 is 10.7 Å². The maximum Gasteiger partial charge on any atom is 0.187 e. The molecule has 3 unspecified atom stereocenters. The van der Waals surface area contributed by atoms with Crippen LogP contribution in [0.5, 0.6) is 0 Å². The number of halogens is 1. The number of nitrogens with zero attached hydrogens (tertiary/aromatic N) is 2. The smallest absolute Gasteiger partial charge is 0.187 e. The molecule has 0 aliphatic heterocycles. The van der Waals surface area contributed by atoms with E-state index in [1.807, 2.05) is 18.2 Å². The average molecular weight is 351 g/mol. The van der Waals surface area contributed by atoms with Crippen LogP contribution >= 0.6 is 28.1 Å². The minimum Gasteiger partial charge on any atom is -0.358 e. The molecule has 0 aromatic carbocycles. The Labute approximate surface area is 131 Å². The zero-order valence-electron chi connectivity index (χ0n) is 10.8. The zero-order valence-corrected chi connectivity index (χ0v) is 13.2. The van der Waals surface area contributed by atoms with Crippen LogP contribution in [0.1, 0.15) is 18.5 Å². The molecule has 0 spiro atoms. The summed E-state index contributed by atoms with van der Waals surface area (Å²) in [6.45, 7) is 0. The molecule has 2 aliphatic carbocycles. The van der Waals surface area contributed by atoms with Gasteiger partial charge in [0.15, 0.2) is 5.11 Å². The SMILES string of the molecule is S=C(N/N=C/c1cccc(Br)n1)NC1CC2C=CC1C2. The summed E-state index contributed by atoms with van der Waals surface area (Å²) in [4.78, 5) is 4.26. The predicted octanol–water partition coefficient (Wildman–Crippen LogP) is 2.61. The molecule has 2 aliphatic rings. The molecule has 1 saturated carbocycles. The van der Waals surface area contributed by atoms with Gasteiger partial charge in [-0.3, -0.25) is 5.43 Å². The highest BCUT2D eigenvalue weighted by molar-refractivity contribution is 9.10. The van der Waals surface area contributed by atoms with Gasteiger partial charge in [0.25, 0.3) is 0 Å².